The van der Waals surface area contributed by atoms with Crippen molar-refractivity contribution in [3.8, 4) is 18.4 Å². The minimum absolute atomic E-state index is 0.0418. The van der Waals surface area contributed by atoms with E-state index in [2.05, 4.69) is 15.1 Å². The maximum absolute atomic E-state index is 12.8. The summed E-state index contributed by atoms with van der Waals surface area (Å²) in [5.74, 6) is 2.12. The van der Waals surface area contributed by atoms with Crippen LogP contribution in [-0.2, 0) is 37.8 Å². The predicted molar refractivity (Wildman–Crippen MR) is 132 cm³/mol. The van der Waals surface area contributed by atoms with Gasteiger partial charge in [0.15, 0.2) is 6.23 Å². The van der Waals surface area contributed by atoms with Crippen molar-refractivity contribution in [3.05, 3.63) is 33.1 Å². The molecule has 1 N–H and O–H groups in total. The number of nitriles is 1. The van der Waals surface area contributed by atoms with Crippen LogP contribution in [0.3, 0.4) is 0 Å². The summed E-state index contributed by atoms with van der Waals surface area (Å²) >= 11 is 0. The molecule has 1 fully saturated rings. The number of aromatic amines is 1. The lowest BCUT2D eigenvalue weighted by Gasteiger charge is -2.29. The summed E-state index contributed by atoms with van der Waals surface area (Å²) in [5, 5.41) is 8.94. The monoisotopic (exact) mass is 562 g/mol. The second kappa shape index (κ2) is 14.6. The van der Waals surface area contributed by atoms with Crippen LogP contribution >= 0.6 is 7.74 Å². The van der Waals surface area contributed by atoms with Gasteiger partial charge in [0.05, 0.1) is 31.5 Å². The van der Waals surface area contributed by atoms with Crippen molar-refractivity contribution in [2.45, 2.75) is 50.2 Å². The third-order valence-corrected chi connectivity index (χ3v) is 9.25. The molecule has 2 heterocycles. The maximum atomic E-state index is 12.8. The zero-order valence-corrected chi connectivity index (χ0v) is 22.5. The van der Waals surface area contributed by atoms with E-state index in [1.165, 1.54) is 27.5 Å². The molecule has 14 nitrogen and oxygen atoms in total. The van der Waals surface area contributed by atoms with Gasteiger partial charge in [-0.2, -0.15) is 5.26 Å². The zero-order valence-electron chi connectivity index (χ0n) is 20.8. The van der Waals surface area contributed by atoms with E-state index in [1.807, 2.05) is 6.07 Å². The summed E-state index contributed by atoms with van der Waals surface area (Å²) in [6, 6.07) is 3.03. The van der Waals surface area contributed by atoms with Gasteiger partial charge in [0.1, 0.15) is 18.3 Å². The lowest BCUT2D eigenvalue weighted by molar-refractivity contribution is -0.0669. The maximum Gasteiger partial charge on any atom is 0.371 e. The van der Waals surface area contributed by atoms with Crippen molar-refractivity contribution in [1.82, 2.24) is 9.55 Å². The Hall–Kier alpha value is -2.33. The van der Waals surface area contributed by atoms with E-state index in [0.29, 0.717) is 12.8 Å². The Balaban J connectivity index is 2.50. The SMILES string of the molecule is C#CCCCCS(=O)(=O)N=P(OC)(OCCC#N)OC1[C@@H](COC)O[C@@H](n2ccc(=O)[nH]c2=O)[C@H]1OC. The molecule has 0 aromatic carbocycles. The Morgan fingerprint density at radius 1 is 1.24 bits per heavy atom. The average Bonchev–Trinajstić information content (AvgIpc) is 3.18. The molecule has 1 aromatic heterocycles. The third kappa shape index (κ3) is 8.60. The lowest BCUT2D eigenvalue weighted by atomic mass is 10.1. The van der Waals surface area contributed by atoms with Crippen molar-refractivity contribution in [3.63, 3.8) is 0 Å². The largest absolute Gasteiger partial charge is 0.382 e. The Labute approximate surface area is 215 Å². The molecular formula is C21H31N4O10PS. The van der Waals surface area contributed by atoms with E-state index >= 15 is 0 Å². The van der Waals surface area contributed by atoms with Crippen LogP contribution in [0.2, 0.25) is 0 Å². The number of methoxy groups -OCH3 is 2. The first-order valence-corrected chi connectivity index (χ1v) is 14.3. The molecule has 0 saturated carbocycles. The normalized spacial score (nSPS) is 23.2. The van der Waals surface area contributed by atoms with Crippen LogP contribution in [0.15, 0.2) is 26.0 Å². The van der Waals surface area contributed by atoms with Gasteiger partial charge in [0.25, 0.3) is 15.6 Å². The topological polar surface area (TPSA) is 181 Å². The summed E-state index contributed by atoms with van der Waals surface area (Å²) in [7, 11) is -4.18. The number of H-pyrrole nitrogens is 1. The van der Waals surface area contributed by atoms with Crippen molar-refractivity contribution in [2.75, 3.05) is 40.3 Å². The van der Waals surface area contributed by atoms with Crippen LogP contribution in [0.1, 0.15) is 31.9 Å². The minimum atomic E-state index is -4.10. The Morgan fingerprint density at radius 2 is 2.00 bits per heavy atom. The first-order valence-electron chi connectivity index (χ1n) is 11.2. The summed E-state index contributed by atoms with van der Waals surface area (Å²) in [5.41, 5.74) is -1.36. The van der Waals surface area contributed by atoms with Crippen LogP contribution in [-0.4, -0.2) is 76.6 Å². The summed E-state index contributed by atoms with van der Waals surface area (Å²) in [4.78, 5) is 26.1. The van der Waals surface area contributed by atoms with Crippen molar-refractivity contribution < 1.29 is 36.2 Å². The van der Waals surface area contributed by atoms with Crippen LogP contribution in [0.5, 0.6) is 0 Å². The first kappa shape index (κ1) is 30.9. The highest BCUT2D eigenvalue weighted by molar-refractivity contribution is 7.93. The van der Waals surface area contributed by atoms with E-state index in [9.17, 15) is 18.0 Å². The van der Waals surface area contributed by atoms with Gasteiger partial charge >= 0.3 is 13.4 Å². The molecule has 0 spiro atoms. The van der Waals surface area contributed by atoms with E-state index in [4.69, 9.17) is 39.5 Å². The molecule has 0 aliphatic carbocycles. The number of hydrogen-bond acceptors (Lipinski definition) is 11. The fraction of sp³-hybridized carbons (Fsp3) is 0.667. The second-order valence-electron chi connectivity index (χ2n) is 7.73. The van der Waals surface area contributed by atoms with E-state index in [1.54, 1.807) is 0 Å². The molecule has 0 bridgehead atoms. The number of ether oxygens (including phenoxy) is 3. The fourth-order valence-electron chi connectivity index (χ4n) is 3.50. The Kier molecular flexibility index (Phi) is 12.2. The van der Waals surface area contributed by atoms with Crippen molar-refractivity contribution >= 4 is 17.8 Å². The fourth-order valence-corrected chi connectivity index (χ4v) is 7.36. The zero-order chi connectivity index (χ0) is 27.5. The van der Waals surface area contributed by atoms with Gasteiger partial charge in [0.2, 0.25) is 0 Å². The highest BCUT2D eigenvalue weighted by Crippen LogP contribution is 2.57. The van der Waals surface area contributed by atoms with E-state index < -0.39 is 53.5 Å². The molecule has 1 aliphatic heterocycles. The average molecular weight is 563 g/mol. The Bertz CT molecular complexity index is 1250. The molecule has 5 atom stereocenters. The van der Waals surface area contributed by atoms with Crippen LogP contribution in [0.25, 0.3) is 0 Å². The summed E-state index contributed by atoms with van der Waals surface area (Å²) in [6.07, 6.45) is 3.44. The molecule has 37 heavy (non-hydrogen) atoms. The van der Waals surface area contributed by atoms with Gasteiger partial charge < -0.3 is 23.3 Å². The lowest BCUT2D eigenvalue weighted by Crippen LogP contribution is -2.40. The number of sulfonamides is 1. The number of rotatable bonds is 15. The summed E-state index contributed by atoms with van der Waals surface area (Å²) in [6.45, 7) is -0.267. The predicted octanol–water partition coefficient (Wildman–Crippen LogP) is 1.14. The molecule has 0 radical (unpaired) electrons. The summed E-state index contributed by atoms with van der Waals surface area (Å²) < 4.78 is 64.6. The van der Waals surface area contributed by atoms with Crippen molar-refractivity contribution in [1.29, 1.82) is 5.26 Å². The number of nitrogens with zero attached hydrogens (tertiary/aromatic N) is 3. The van der Waals surface area contributed by atoms with Crippen LogP contribution in [0.4, 0.5) is 0 Å². The second-order valence-corrected chi connectivity index (χ2v) is 11.7. The third-order valence-electron chi connectivity index (χ3n) is 5.17. The number of aromatic nitrogens is 2. The van der Waals surface area contributed by atoms with Gasteiger partial charge in [-0.1, -0.05) is 0 Å². The number of unbranched alkanes of at least 4 members (excludes halogenated alkanes) is 2. The molecule has 16 heteroatoms. The molecular weight excluding hydrogens is 531 g/mol. The molecule has 1 saturated heterocycles. The van der Waals surface area contributed by atoms with Gasteiger partial charge in [0, 0.05) is 40.0 Å². The molecule has 206 valence electrons. The molecule has 0 amide bonds. The van der Waals surface area contributed by atoms with E-state index in [-0.39, 0.29) is 31.8 Å². The van der Waals surface area contributed by atoms with Gasteiger partial charge in [-0.05, 0) is 12.8 Å². The minimum Gasteiger partial charge on any atom is -0.382 e. The molecule has 2 unspecified atom stereocenters. The smallest absolute Gasteiger partial charge is 0.371 e. The van der Waals surface area contributed by atoms with Crippen molar-refractivity contribution in [2.24, 2.45) is 4.15 Å². The first-order chi connectivity index (χ1) is 17.7. The highest BCUT2D eigenvalue weighted by Gasteiger charge is 2.50. The molecule has 2 rings (SSSR count). The van der Waals surface area contributed by atoms with Gasteiger partial charge in [-0.15, -0.1) is 16.5 Å². The Morgan fingerprint density at radius 3 is 2.59 bits per heavy atom. The van der Waals surface area contributed by atoms with Crippen LogP contribution in [0, 0.1) is 23.7 Å². The number of nitrogens with one attached hydrogen (secondary N) is 1. The quantitative estimate of drug-likeness (QED) is 0.184. The van der Waals surface area contributed by atoms with Gasteiger partial charge in [-0.25, -0.2) is 13.2 Å². The standard InChI is InChI=1S/C21H31N4O10PS/c1-5-6-7-8-14-37(28,29)24-36(32-4,33-13-9-11-22)35-18-16(15-30-2)34-20(19(18)31-3)25-12-10-17(26)23-21(25)27/h1,10,12,16,18-20H,6-9,13-15H2,2-4H3,(H,23,26,27)/t16-,18?,19+,20-,36?/m1/s1. The molecule has 1 aromatic rings. The van der Waals surface area contributed by atoms with Gasteiger partial charge in [-0.3, -0.25) is 18.9 Å². The number of hydrogen-bond donors (Lipinski definition) is 1. The number of terminal acetylenes is 1. The van der Waals surface area contributed by atoms with Crippen LogP contribution < -0.4 is 11.2 Å². The highest BCUT2D eigenvalue weighted by atomic mass is 32.2. The van der Waals surface area contributed by atoms with E-state index in [0.717, 1.165) is 10.6 Å². The molecule has 1 aliphatic rings.